The molecule has 0 bridgehead atoms. The number of pyridine rings is 1. The molecule has 186 valence electrons. The molecule has 2 aliphatic rings. The number of carbonyl (C=O) groups excluding carboxylic acids is 2. The van der Waals surface area contributed by atoms with Gasteiger partial charge in [-0.3, -0.25) is 14.3 Å². The summed E-state index contributed by atoms with van der Waals surface area (Å²) in [6.07, 6.45) is 8.94. The second kappa shape index (κ2) is 9.49. The number of hydrogen-bond donors (Lipinski definition) is 0. The fourth-order valence-electron chi connectivity index (χ4n) is 5.42. The quantitative estimate of drug-likeness (QED) is 0.512. The Balaban J connectivity index is 1.29. The number of nitrogens with zero attached hydrogens (tertiary/aromatic N) is 7. The molecule has 3 aromatic heterocycles. The van der Waals surface area contributed by atoms with E-state index in [0.29, 0.717) is 49.4 Å². The van der Waals surface area contributed by atoms with Crippen LogP contribution < -0.4 is 4.74 Å². The van der Waals surface area contributed by atoms with Gasteiger partial charge in [0.1, 0.15) is 22.9 Å². The second-order valence-corrected chi connectivity index (χ2v) is 9.38. The number of rotatable bonds is 5. The number of fused-ring (bicyclic) bond motifs is 1. The Hall–Kier alpha value is -4.13. The Morgan fingerprint density at radius 2 is 1.92 bits per heavy atom. The third-order valence-corrected chi connectivity index (χ3v) is 7.42. The summed E-state index contributed by atoms with van der Waals surface area (Å²) in [5, 5.41) is 18.4. The zero-order valence-corrected chi connectivity index (χ0v) is 20.6. The van der Waals surface area contributed by atoms with Crippen LogP contribution in [0.25, 0.3) is 16.6 Å². The molecule has 0 spiro atoms. The summed E-state index contributed by atoms with van der Waals surface area (Å²) in [6, 6.07) is 4.26. The van der Waals surface area contributed by atoms with Gasteiger partial charge in [-0.2, -0.15) is 15.5 Å². The normalized spacial score (nSPS) is 18.4. The van der Waals surface area contributed by atoms with Gasteiger partial charge in [0, 0.05) is 49.2 Å². The van der Waals surface area contributed by atoms with Crippen LogP contribution in [0.3, 0.4) is 0 Å². The standard InChI is InChI=1S/C26H29N7O3/c1-4-24(34)31-8-5-18(15-31)26(35)30-9-6-21(7-10-30)33-17(2)22(14-29-33)19-11-23(36-3)25-20(12-27)13-28-32(25)16-19/h4,11,13-14,16,18,21H,1,5-10,15H2,2-3H3/t18-/m1/s1. The lowest BCUT2D eigenvalue weighted by atomic mass is 10.0. The maximum atomic E-state index is 13.0. The molecule has 0 aromatic carbocycles. The first-order valence-electron chi connectivity index (χ1n) is 12.1. The number of methoxy groups -OCH3 is 1. The summed E-state index contributed by atoms with van der Waals surface area (Å²) in [7, 11) is 1.58. The lowest BCUT2D eigenvalue weighted by Gasteiger charge is -2.34. The minimum absolute atomic E-state index is 0.108. The minimum Gasteiger partial charge on any atom is -0.494 e. The van der Waals surface area contributed by atoms with Gasteiger partial charge in [0.05, 0.1) is 31.5 Å². The Morgan fingerprint density at radius 3 is 2.61 bits per heavy atom. The van der Waals surface area contributed by atoms with Gasteiger partial charge in [0.2, 0.25) is 11.8 Å². The van der Waals surface area contributed by atoms with E-state index >= 15 is 0 Å². The van der Waals surface area contributed by atoms with Crippen LogP contribution in [0, 0.1) is 24.2 Å². The lowest BCUT2D eigenvalue weighted by molar-refractivity contribution is -0.136. The van der Waals surface area contributed by atoms with Crippen LogP contribution in [-0.2, 0) is 9.59 Å². The highest BCUT2D eigenvalue weighted by Gasteiger charge is 2.35. The highest BCUT2D eigenvalue weighted by Crippen LogP contribution is 2.33. The smallest absolute Gasteiger partial charge is 0.245 e. The van der Waals surface area contributed by atoms with Crippen LogP contribution >= 0.6 is 0 Å². The molecule has 2 fully saturated rings. The van der Waals surface area contributed by atoms with Gasteiger partial charge in [-0.1, -0.05) is 6.58 Å². The van der Waals surface area contributed by atoms with Gasteiger partial charge in [0.15, 0.2) is 0 Å². The molecule has 1 atom stereocenters. The van der Waals surface area contributed by atoms with Gasteiger partial charge >= 0.3 is 0 Å². The molecule has 2 saturated heterocycles. The molecule has 10 heteroatoms. The van der Waals surface area contributed by atoms with Crippen molar-refractivity contribution >= 4 is 17.3 Å². The monoisotopic (exact) mass is 487 g/mol. The van der Waals surface area contributed by atoms with Crippen molar-refractivity contribution in [1.82, 2.24) is 29.2 Å². The molecular weight excluding hydrogens is 458 g/mol. The number of carbonyl (C=O) groups is 2. The van der Waals surface area contributed by atoms with Crippen LogP contribution in [0.5, 0.6) is 5.75 Å². The summed E-state index contributed by atoms with van der Waals surface area (Å²) in [5.41, 5.74) is 4.02. The molecule has 5 heterocycles. The highest BCUT2D eigenvalue weighted by molar-refractivity contribution is 5.88. The van der Waals surface area contributed by atoms with Crippen molar-refractivity contribution in [3.05, 3.63) is 48.6 Å². The van der Waals surface area contributed by atoms with Gasteiger partial charge in [-0.05, 0) is 38.3 Å². The molecule has 10 nitrogen and oxygen atoms in total. The van der Waals surface area contributed by atoms with Gasteiger partial charge in [-0.15, -0.1) is 0 Å². The molecule has 3 aromatic rings. The molecule has 0 N–H and O–H groups in total. The maximum absolute atomic E-state index is 13.0. The fraction of sp³-hybridized carbons (Fsp3) is 0.423. The van der Waals surface area contributed by atoms with E-state index in [1.807, 2.05) is 30.3 Å². The van der Waals surface area contributed by atoms with Crippen molar-refractivity contribution in [3.8, 4) is 22.9 Å². The van der Waals surface area contributed by atoms with Gasteiger partial charge in [-0.25, -0.2) is 4.52 Å². The third kappa shape index (κ3) is 4.00. The van der Waals surface area contributed by atoms with E-state index in [1.54, 1.807) is 16.5 Å². The zero-order valence-electron chi connectivity index (χ0n) is 20.6. The summed E-state index contributed by atoms with van der Waals surface area (Å²) in [4.78, 5) is 28.5. The van der Waals surface area contributed by atoms with E-state index in [1.165, 1.54) is 12.3 Å². The zero-order chi connectivity index (χ0) is 25.4. The largest absolute Gasteiger partial charge is 0.494 e. The van der Waals surface area contributed by atoms with Crippen molar-refractivity contribution in [3.63, 3.8) is 0 Å². The number of nitriles is 1. The molecule has 2 amide bonds. The molecule has 2 aliphatic heterocycles. The van der Waals surface area contributed by atoms with E-state index in [-0.39, 0.29) is 23.8 Å². The molecule has 0 aliphatic carbocycles. The van der Waals surface area contributed by atoms with Crippen molar-refractivity contribution in [2.24, 2.45) is 5.92 Å². The predicted octanol–water partition coefficient (Wildman–Crippen LogP) is 2.58. The van der Waals surface area contributed by atoms with E-state index < -0.39 is 0 Å². The van der Waals surface area contributed by atoms with Crippen molar-refractivity contribution in [1.29, 1.82) is 5.26 Å². The molecule has 0 radical (unpaired) electrons. The van der Waals surface area contributed by atoms with Crippen molar-refractivity contribution in [2.45, 2.75) is 32.2 Å². The van der Waals surface area contributed by atoms with Gasteiger partial charge in [0.25, 0.3) is 0 Å². The number of amides is 2. The third-order valence-electron chi connectivity index (χ3n) is 7.42. The predicted molar refractivity (Wildman–Crippen MR) is 132 cm³/mol. The molecule has 0 saturated carbocycles. The van der Waals surface area contributed by atoms with Crippen molar-refractivity contribution < 1.29 is 14.3 Å². The van der Waals surface area contributed by atoms with E-state index in [2.05, 4.69) is 22.4 Å². The first kappa shape index (κ1) is 23.6. The van der Waals surface area contributed by atoms with Crippen LogP contribution in [-0.4, -0.2) is 74.3 Å². The average molecular weight is 488 g/mol. The highest BCUT2D eigenvalue weighted by atomic mass is 16.5. The average Bonchev–Trinajstić information content (AvgIpc) is 3.65. The van der Waals surface area contributed by atoms with E-state index in [4.69, 9.17) is 9.84 Å². The second-order valence-electron chi connectivity index (χ2n) is 9.38. The first-order valence-corrected chi connectivity index (χ1v) is 12.1. The Kier molecular flexibility index (Phi) is 6.22. The molecule has 36 heavy (non-hydrogen) atoms. The van der Waals surface area contributed by atoms with Crippen LogP contribution in [0.2, 0.25) is 0 Å². The van der Waals surface area contributed by atoms with E-state index in [0.717, 1.165) is 29.7 Å². The lowest BCUT2D eigenvalue weighted by Crippen LogP contribution is -2.43. The van der Waals surface area contributed by atoms with Crippen LogP contribution in [0.1, 0.15) is 36.6 Å². The molecule has 0 unspecified atom stereocenters. The number of ether oxygens (including phenoxy) is 1. The summed E-state index contributed by atoms with van der Waals surface area (Å²) in [5.74, 6) is 0.490. The van der Waals surface area contributed by atoms with Gasteiger partial charge < -0.3 is 14.5 Å². The Labute approximate surface area is 209 Å². The topological polar surface area (TPSA) is 109 Å². The minimum atomic E-state index is -0.128. The summed E-state index contributed by atoms with van der Waals surface area (Å²) < 4.78 is 9.27. The van der Waals surface area contributed by atoms with Crippen molar-refractivity contribution in [2.75, 3.05) is 33.3 Å². The number of likely N-dealkylation sites (tertiary alicyclic amines) is 2. The Morgan fingerprint density at radius 1 is 1.17 bits per heavy atom. The molecule has 5 rings (SSSR count). The number of aromatic nitrogens is 4. The first-order chi connectivity index (χ1) is 17.4. The number of piperidine rings is 1. The SMILES string of the molecule is C=CC(=O)N1CC[C@@H](C(=O)N2CCC(n3ncc(-c4cc(OC)c5c(C#N)cnn5c4)c3C)CC2)C1. The van der Waals surface area contributed by atoms with Crippen LogP contribution in [0.4, 0.5) is 0 Å². The van der Waals surface area contributed by atoms with E-state index in [9.17, 15) is 14.9 Å². The summed E-state index contributed by atoms with van der Waals surface area (Å²) in [6.45, 7) is 8.02. The maximum Gasteiger partial charge on any atom is 0.245 e. The molecular formula is C26H29N7O3. The fourth-order valence-corrected chi connectivity index (χ4v) is 5.42. The number of hydrogen-bond acceptors (Lipinski definition) is 6. The summed E-state index contributed by atoms with van der Waals surface area (Å²) >= 11 is 0. The van der Waals surface area contributed by atoms with Crippen LogP contribution in [0.15, 0.2) is 37.3 Å². The Bertz CT molecular complexity index is 1370.